The zero-order valence-electron chi connectivity index (χ0n) is 14.0. The monoisotopic (exact) mass is 359 g/mol. The number of hydrogen-bond donors (Lipinski definition) is 2. The standard InChI is InChI=1S/C19H22ClN3O2/c20-17-5-2-6-18(12-17)22-19(24)21-13-15-3-1-4-16(11-15)14-23-7-9-25-10-8-23/h1-6,11-12H,7-10,13-14H2,(H2,21,22,24). The number of urea groups is 1. The van der Waals surface area contributed by atoms with Gasteiger partial charge in [-0.1, -0.05) is 41.9 Å². The summed E-state index contributed by atoms with van der Waals surface area (Å²) in [7, 11) is 0. The van der Waals surface area contributed by atoms with Crippen LogP contribution >= 0.6 is 11.6 Å². The molecule has 0 atom stereocenters. The van der Waals surface area contributed by atoms with E-state index in [4.69, 9.17) is 16.3 Å². The Balaban J connectivity index is 1.50. The second kappa shape index (κ2) is 8.85. The van der Waals surface area contributed by atoms with Gasteiger partial charge in [0.25, 0.3) is 0 Å². The van der Waals surface area contributed by atoms with Gasteiger partial charge >= 0.3 is 6.03 Å². The molecule has 0 radical (unpaired) electrons. The maximum atomic E-state index is 12.0. The summed E-state index contributed by atoms with van der Waals surface area (Å²) < 4.78 is 5.38. The van der Waals surface area contributed by atoms with E-state index >= 15 is 0 Å². The van der Waals surface area contributed by atoms with Gasteiger partial charge in [0.1, 0.15) is 0 Å². The summed E-state index contributed by atoms with van der Waals surface area (Å²) in [5, 5.41) is 6.24. The molecule has 1 aliphatic rings. The van der Waals surface area contributed by atoms with Crippen LogP contribution in [0.25, 0.3) is 0 Å². The minimum atomic E-state index is -0.249. The van der Waals surface area contributed by atoms with Crippen LogP contribution in [0.5, 0.6) is 0 Å². The highest BCUT2D eigenvalue weighted by atomic mass is 35.5. The van der Waals surface area contributed by atoms with Crippen molar-refractivity contribution in [2.45, 2.75) is 13.1 Å². The zero-order valence-corrected chi connectivity index (χ0v) is 14.8. The van der Waals surface area contributed by atoms with Gasteiger partial charge in [0.2, 0.25) is 0 Å². The zero-order chi connectivity index (χ0) is 17.5. The van der Waals surface area contributed by atoms with Crippen molar-refractivity contribution >= 4 is 23.3 Å². The van der Waals surface area contributed by atoms with Gasteiger partial charge in [-0.15, -0.1) is 0 Å². The molecule has 1 heterocycles. The molecule has 0 spiro atoms. The molecule has 5 nitrogen and oxygen atoms in total. The summed E-state index contributed by atoms with van der Waals surface area (Å²) in [4.78, 5) is 14.4. The predicted octanol–water partition coefficient (Wildman–Crippen LogP) is 3.49. The van der Waals surface area contributed by atoms with Gasteiger partial charge in [0, 0.05) is 36.9 Å². The van der Waals surface area contributed by atoms with Gasteiger partial charge in [-0.2, -0.15) is 0 Å². The summed E-state index contributed by atoms with van der Waals surface area (Å²) >= 11 is 5.92. The summed E-state index contributed by atoms with van der Waals surface area (Å²) in [6.45, 7) is 4.90. The van der Waals surface area contributed by atoms with Crippen LogP contribution in [0.1, 0.15) is 11.1 Å². The molecule has 0 aliphatic carbocycles. The number of carbonyl (C=O) groups excluding carboxylic acids is 1. The highest BCUT2D eigenvalue weighted by Gasteiger charge is 2.11. The topological polar surface area (TPSA) is 53.6 Å². The molecule has 2 aromatic rings. The number of hydrogen-bond acceptors (Lipinski definition) is 3. The molecule has 2 aromatic carbocycles. The average molecular weight is 360 g/mol. The lowest BCUT2D eigenvalue weighted by Crippen LogP contribution is -2.35. The van der Waals surface area contributed by atoms with Crippen molar-refractivity contribution in [1.82, 2.24) is 10.2 Å². The first-order valence-corrected chi connectivity index (χ1v) is 8.75. The van der Waals surface area contributed by atoms with E-state index in [0.717, 1.165) is 38.4 Å². The number of nitrogens with one attached hydrogen (secondary N) is 2. The van der Waals surface area contributed by atoms with Crippen molar-refractivity contribution in [3.63, 3.8) is 0 Å². The third-order valence-electron chi connectivity index (χ3n) is 4.04. The van der Waals surface area contributed by atoms with Crippen molar-refractivity contribution in [3.8, 4) is 0 Å². The van der Waals surface area contributed by atoms with Gasteiger partial charge in [-0.25, -0.2) is 4.79 Å². The molecular weight excluding hydrogens is 338 g/mol. The fraction of sp³-hybridized carbons (Fsp3) is 0.316. The Kier molecular flexibility index (Phi) is 6.28. The van der Waals surface area contributed by atoms with Crippen molar-refractivity contribution in [2.75, 3.05) is 31.6 Å². The van der Waals surface area contributed by atoms with Crippen molar-refractivity contribution < 1.29 is 9.53 Å². The van der Waals surface area contributed by atoms with E-state index < -0.39 is 0 Å². The van der Waals surface area contributed by atoms with E-state index in [9.17, 15) is 4.79 Å². The smallest absolute Gasteiger partial charge is 0.319 e. The van der Waals surface area contributed by atoms with Gasteiger partial charge in [0.15, 0.2) is 0 Å². The van der Waals surface area contributed by atoms with Gasteiger partial charge in [-0.05, 0) is 29.3 Å². The molecule has 1 aliphatic heterocycles. The molecule has 0 saturated carbocycles. The SMILES string of the molecule is O=C(NCc1cccc(CN2CCOCC2)c1)Nc1cccc(Cl)c1. The Morgan fingerprint density at radius 1 is 1.08 bits per heavy atom. The van der Waals surface area contributed by atoms with E-state index in [2.05, 4.69) is 27.7 Å². The Labute approximate surface area is 152 Å². The first-order chi connectivity index (χ1) is 12.2. The van der Waals surface area contributed by atoms with Crippen LogP contribution < -0.4 is 10.6 Å². The molecule has 0 bridgehead atoms. The number of amides is 2. The van der Waals surface area contributed by atoms with Crippen molar-refractivity contribution in [2.24, 2.45) is 0 Å². The fourth-order valence-corrected chi connectivity index (χ4v) is 2.97. The Hall–Kier alpha value is -2.08. The number of anilines is 1. The molecule has 25 heavy (non-hydrogen) atoms. The Morgan fingerprint density at radius 3 is 2.64 bits per heavy atom. The van der Waals surface area contributed by atoms with E-state index in [1.54, 1.807) is 24.3 Å². The molecule has 2 N–H and O–H groups in total. The maximum Gasteiger partial charge on any atom is 0.319 e. The average Bonchev–Trinajstić information content (AvgIpc) is 2.61. The van der Waals surface area contributed by atoms with Gasteiger partial charge < -0.3 is 15.4 Å². The van der Waals surface area contributed by atoms with Crippen LogP contribution in [0.2, 0.25) is 5.02 Å². The minimum Gasteiger partial charge on any atom is -0.379 e. The lowest BCUT2D eigenvalue weighted by atomic mass is 10.1. The van der Waals surface area contributed by atoms with Crippen LogP contribution in [0.3, 0.4) is 0 Å². The first kappa shape index (κ1) is 17.7. The van der Waals surface area contributed by atoms with E-state index in [0.29, 0.717) is 17.3 Å². The Morgan fingerprint density at radius 2 is 1.84 bits per heavy atom. The van der Waals surface area contributed by atoms with E-state index in [-0.39, 0.29) is 6.03 Å². The molecule has 3 rings (SSSR count). The normalized spacial score (nSPS) is 14.9. The maximum absolute atomic E-state index is 12.0. The summed E-state index contributed by atoms with van der Waals surface area (Å²) in [6, 6.07) is 15.1. The van der Waals surface area contributed by atoms with Crippen LogP contribution in [0.15, 0.2) is 48.5 Å². The number of halogens is 1. The molecule has 132 valence electrons. The van der Waals surface area contributed by atoms with Crippen LogP contribution in [0, 0.1) is 0 Å². The predicted molar refractivity (Wildman–Crippen MR) is 99.8 cm³/mol. The van der Waals surface area contributed by atoms with Crippen LogP contribution in [-0.4, -0.2) is 37.2 Å². The molecule has 2 amide bonds. The lowest BCUT2D eigenvalue weighted by Gasteiger charge is -2.26. The summed E-state index contributed by atoms with van der Waals surface area (Å²) in [6.07, 6.45) is 0. The highest BCUT2D eigenvalue weighted by Crippen LogP contribution is 2.15. The number of rotatable bonds is 5. The van der Waals surface area contributed by atoms with Gasteiger partial charge in [0.05, 0.1) is 13.2 Å². The van der Waals surface area contributed by atoms with Crippen molar-refractivity contribution in [3.05, 3.63) is 64.7 Å². The molecule has 0 unspecified atom stereocenters. The molecule has 0 aromatic heterocycles. The second-order valence-corrected chi connectivity index (χ2v) is 6.46. The quantitative estimate of drug-likeness (QED) is 0.859. The van der Waals surface area contributed by atoms with Gasteiger partial charge in [-0.3, -0.25) is 4.90 Å². The van der Waals surface area contributed by atoms with E-state index in [1.807, 2.05) is 12.1 Å². The first-order valence-electron chi connectivity index (χ1n) is 8.37. The lowest BCUT2D eigenvalue weighted by molar-refractivity contribution is 0.0342. The number of benzene rings is 2. The van der Waals surface area contributed by atoms with E-state index in [1.165, 1.54) is 5.56 Å². The largest absolute Gasteiger partial charge is 0.379 e. The third kappa shape index (κ3) is 5.74. The molecule has 1 fully saturated rings. The second-order valence-electron chi connectivity index (χ2n) is 6.03. The highest BCUT2D eigenvalue weighted by molar-refractivity contribution is 6.30. The number of nitrogens with zero attached hydrogens (tertiary/aromatic N) is 1. The number of morpholine rings is 1. The fourth-order valence-electron chi connectivity index (χ4n) is 2.78. The number of ether oxygens (including phenoxy) is 1. The number of carbonyl (C=O) groups is 1. The van der Waals surface area contributed by atoms with Crippen LogP contribution in [-0.2, 0) is 17.8 Å². The molecule has 1 saturated heterocycles. The molecular formula is C19H22ClN3O2. The molecule has 6 heteroatoms. The van der Waals surface area contributed by atoms with Crippen molar-refractivity contribution in [1.29, 1.82) is 0 Å². The summed E-state index contributed by atoms with van der Waals surface area (Å²) in [5.74, 6) is 0. The third-order valence-corrected chi connectivity index (χ3v) is 4.27. The van der Waals surface area contributed by atoms with Crippen LogP contribution in [0.4, 0.5) is 10.5 Å². The minimum absolute atomic E-state index is 0.249. The Bertz CT molecular complexity index is 717. The summed E-state index contributed by atoms with van der Waals surface area (Å²) in [5.41, 5.74) is 2.99.